The highest BCUT2D eigenvalue weighted by Crippen LogP contribution is 2.16. The van der Waals surface area contributed by atoms with E-state index in [-0.39, 0.29) is 16.9 Å². The third-order valence-corrected chi connectivity index (χ3v) is 3.44. The minimum absolute atomic E-state index is 0.194. The van der Waals surface area contributed by atoms with Gasteiger partial charge in [0.1, 0.15) is 10.8 Å². The Balaban J connectivity index is 2.07. The van der Waals surface area contributed by atoms with Gasteiger partial charge >= 0.3 is 0 Å². The molecule has 1 aromatic rings. The van der Waals surface area contributed by atoms with Crippen LogP contribution < -0.4 is 5.73 Å². The molecule has 3 nitrogen and oxygen atoms in total. The highest BCUT2D eigenvalue weighted by atomic mass is 32.1. The van der Waals surface area contributed by atoms with E-state index < -0.39 is 0 Å². The first kappa shape index (κ1) is 13.4. The minimum Gasteiger partial charge on any atom is -0.393 e. The van der Waals surface area contributed by atoms with E-state index in [2.05, 4.69) is 4.90 Å². The van der Waals surface area contributed by atoms with Crippen LogP contribution in [0.3, 0.4) is 0 Å². The van der Waals surface area contributed by atoms with Gasteiger partial charge in [0.05, 0.1) is 6.10 Å². The van der Waals surface area contributed by atoms with Gasteiger partial charge in [0.2, 0.25) is 0 Å². The number of thiocarbonyl (C=S) groups is 1. The van der Waals surface area contributed by atoms with E-state index in [9.17, 15) is 9.50 Å². The third-order valence-electron chi connectivity index (χ3n) is 3.21. The van der Waals surface area contributed by atoms with Crippen LogP contribution in [-0.4, -0.2) is 34.2 Å². The zero-order chi connectivity index (χ0) is 13.1. The van der Waals surface area contributed by atoms with Gasteiger partial charge in [-0.1, -0.05) is 12.2 Å². The molecule has 0 aliphatic carbocycles. The summed E-state index contributed by atoms with van der Waals surface area (Å²) in [7, 11) is 0. The van der Waals surface area contributed by atoms with Crippen molar-refractivity contribution in [2.24, 2.45) is 5.73 Å². The summed E-state index contributed by atoms with van der Waals surface area (Å²) in [4.78, 5) is 2.41. The van der Waals surface area contributed by atoms with Crippen molar-refractivity contribution in [3.05, 3.63) is 35.1 Å². The summed E-state index contributed by atoms with van der Waals surface area (Å²) in [5.74, 6) is -0.313. The molecule has 0 bridgehead atoms. The normalized spacial score (nSPS) is 17.9. The Morgan fingerprint density at radius 1 is 1.39 bits per heavy atom. The molecular formula is C13H17FN2OS. The average molecular weight is 268 g/mol. The van der Waals surface area contributed by atoms with Crippen molar-refractivity contribution in [3.8, 4) is 0 Å². The molecule has 0 radical (unpaired) electrons. The zero-order valence-corrected chi connectivity index (χ0v) is 10.9. The molecule has 1 fully saturated rings. The molecule has 0 atom stereocenters. The number of piperidine rings is 1. The molecule has 0 unspecified atom stereocenters. The Labute approximate surface area is 111 Å². The van der Waals surface area contributed by atoms with E-state index in [1.807, 2.05) is 6.07 Å². The van der Waals surface area contributed by atoms with E-state index in [1.165, 1.54) is 12.1 Å². The maximum atomic E-state index is 13.4. The molecule has 0 amide bonds. The topological polar surface area (TPSA) is 49.5 Å². The Bertz CT molecular complexity index is 445. The highest BCUT2D eigenvalue weighted by molar-refractivity contribution is 7.80. The number of hydrogen-bond donors (Lipinski definition) is 2. The lowest BCUT2D eigenvalue weighted by atomic mass is 10.1. The quantitative estimate of drug-likeness (QED) is 0.814. The molecule has 3 N–H and O–H groups in total. The van der Waals surface area contributed by atoms with E-state index in [0.29, 0.717) is 12.1 Å². The number of nitrogens with two attached hydrogens (primary N) is 1. The standard InChI is InChI=1S/C13H17FN2OS/c14-11-6-9(5-10(7-11)13(15)18)8-16-3-1-12(17)2-4-16/h5-7,12,17H,1-4,8H2,(H2,15,18). The minimum atomic E-state index is -0.313. The van der Waals surface area contributed by atoms with Crippen molar-refractivity contribution < 1.29 is 9.50 Å². The van der Waals surface area contributed by atoms with Gasteiger partial charge in [-0.05, 0) is 36.6 Å². The van der Waals surface area contributed by atoms with Crippen LogP contribution in [-0.2, 0) is 6.54 Å². The Morgan fingerprint density at radius 3 is 2.67 bits per heavy atom. The lowest BCUT2D eigenvalue weighted by Crippen LogP contribution is -2.35. The van der Waals surface area contributed by atoms with Crippen molar-refractivity contribution in [3.63, 3.8) is 0 Å². The van der Waals surface area contributed by atoms with Crippen LogP contribution in [0, 0.1) is 5.82 Å². The second-order valence-electron chi connectivity index (χ2n) is 4.72. The van der Waals surface area contributed by atoms with Gasteiger partial charge in [0.25, 0.3) is 0 Å². The van der Waals surface area contributed by atoms with Crippen LogP contribution in [0.15, 0.2) is 18.2 Å². The van der Waals surface area contributed by atoms with Crippen LogP contribution in [0.2, 0.25) is 0 Å². The number of aliphatic hydroxyl groups excluding tert-OH is 1. The number of likely N-dealkylation sites (tertiary alicyclic amines) is 1. The second-order valence-corrected chi connectivity index (χ2v) is 5.16. The fourth-order valence-electron chi connectivity index (χ4n) is 2.22. The predicted molar refractivity (Wildman–Crippen MR) is 72.8 cm³/mol. The number of aliphatic hydroxyl groups is 1. The van der Waals surface area contributed by atoms with Crippen LogP contribution >= 0.6 is 12.2 Å². The maximum Gasteiger partial charge on any atom is 0.124 e. The van der Waals surface area contributed by atoms with Gasteiger partial charge in [0.15, 0.2) is 0 Å². The lowest BCUT2D eigenvalue weighted by Gasteiger charge is -2.29. The smallest absolute Gasteiger partial charge is 0.124 e. The molecule has 98 valence electrons. The fourth-order valence-corrected chi connectivity index (χ4v) is 2.34. The molecule has 0 saturated carbocycles. The summed E-state index contributed by atoms with van der Waals surface area (Å²) >= 11 is 4.87. The lowest BCUT2D eigenvalue weighted by molar-refractivity contribution is 0.0792. The summed E-state index contributed by atoms with van der Waals surface area (Å²) in [5, 5.41) is 9.43. The summed E-state index contributed by atoms with van der Waals surface area (Å²) < 4.78 is 13.4. The number of hydrogen-bond acceptors (Lipinski definition) is 3. The molecule has 2 rings (SSSR count). The van der Waals surface area contributed by atoms with E-state index in [0.717, 1.165) is 31.5 Å². The van der Waals surface area contributed by atoms with Gasteiger partial charge in [-0.2, -0.15) is 0 Å². The van der Waals surface area contributed by atoms with Crippen molar-refractivity contribution >= 4 is 17.2 Å². The first-order chi connectivity index (χ1) is 8.54. The molecule has 0 spiro atoms. The monoisotopic (exact) mass is 268 g/mol. The number of benzene rings is 1. The van der Waals surface area contributed by atoms with Crippen LogP contribution in [0.5, 0.6) is 0 Å². The largest absolute Gasteiger partial charge is 0.393 e. The summed E-state index contributed by atoms with van der Waals surface area (Å²) in [6.07, 6.45) is 1.36. The van der Waals surface area contributed by atoms with E-state index in [4.69, 9.17) is 18.0 Å². The van der Waals surface area contributed by atoms with Crippen molar-refractivity contribution in [1.29, 1.82) is 0 Å². The first-order valence-electron chi connectivity index (χ1n) is 6.04. The molecule has 18 heavy (non-hydrogen) atoms. The van der Waals surface area contributed by atoms with Gasteiger partial charge in [-0.15, -0.1) is 0 Å². The molecule has 0 aromatic heterocycles. The zero-order valence-electron chi connectivity index (χ0n) is 10.1. The summed E-state index contributed by atoms with van der Waals surface area (Å²) in [6, 6.07) is 4.69. The summed E-state index contributed by atoms with van der Waals surface area (Å²) in [5.41, 5.74) is 6.96. The molecule has 1 aliphatic heterocycles. The van der Waals surface area contributed by atoms with Crippen molar-refractivity contribution in [1.82, 2.24) is 4.90 Å². The average Bonchev–Trinajstić information content (AvgIpc) is 2.31. The Morgan fingerprint density at radius 2 is 2.06 bits per heavy atom. The fraction of sp³-hybridized carbons (Fsp3) is 0.462. The first-order valence-corrected chi connectivity index (χ1v) is 6.45. The number of halogens is 1. The van der Waals surface area contributed by atoms with E-state index >= 15 is 0 Å². The Kier molecular flexibility index (Phi) is 4.27. The van der Waals surface area contributed by atoms with Crippen molar-refractivity contribution in [2.45, 2.75) is 25.5 Å². The van der Waals surface area contributed by atoms with Gasteiger partial charge in [-0.25, -0.2) is 4.39 Å². The number of rotatable bonds is 3. The third kappa shape index (κ3) is 3.48. The van der Waals surface area contributed by atoms with Crippen LogP contribution in [0.25, 0.3) is 0 Å². The van der Waals surface area contributed by atoms with E-state index in [1.54, 1.807) is 0 Å². The predicted octanol–water partition coefficient (Wildman–Crippen LogP) is 1.42. The molecule has 1 saturated heterocycles. The highest BCUT2D eigenvalue weighted by Gasteiger charge is 2.17. The molecule has 1 heterocycles. The van der Waals surface area contributed by atoms with Crippen LogP contribution in [0.1, 0.15) is 24.0 Å². The summed E-state index contributed by atoms with van der Waals surface area (Å²) in [6.45, 7) is 2.33. The van der Waals surface area contributed by atoms with Gasteiger partial charge in [0, 0.05) is 25.2 Å². The SMILES string of the molecule is NC(=S)c1cc(F)cc(CN2CCC(O)CC2)c1. The molecule has 1 aliphatic rings. The number of nitrogens with zero attached hydrogens (tertiary/aromatic N) is 1. The van der Waals surface area contributed by atoms with Gasteiger partial charge in [-0.3, -0.25) is 4.90 Å². The molecule has 1 aromatic carbocycles. The maximum absolute atomic E-state index is 13.4. The van der Waals surface area contributed by atoms with Gasteiger partial charge < -0.3 is 10.8 Å². The second kappa shape index (κ2) is 5.73. The molecular weight excluding hydrogens is 251 g/mol. The Hall–Kier alpha value is -1.04. The van der Waals surface area contributed by atoms with Crippen LogP contribution in [0.4, 0.5) is 4.39 Å². The molecule has 5 heteroatoms. The van der Waals surface area contributed by atoms with Crippen molar-refractivity contribution in [2.75, 3.05) is 13.1 Å².